The van der Waals surface area contributed by atoms with Crippen LogP contribution >= 0.6 is 0 Å². The van der Waals surface area contributed by atoms with E-state index in [1.807, 2.05) is 7.05 Å². The Kier molecular flexibility index (Phi) is 4.11. The van der Waals surface area contributed by atoms with Gasteiger partial charge >= 0.3 is 0 Å². The highest BCUT2D eigenvalue weighted by Gasteiger charge is 2.29. The first kappa shape index (κ1) is 13.9. The lowest BCUT2D eigenvalue weighted by molar-refractivity contribution is 0.222. The normalized spacial score (nSPS) is 17.9. The van der Waals surface area contributed by atoms with Crippen LogP contribution in [0.5, 0.6) is 0 Å². The van der Waals surface area contributed by atoms with E-state index in [2.05, 4.69) is 9.89 Å². The highest BCUT2D eigenvalue weighted by atomic mass is 32.2. The van der Waals surface area contributed by atoms with E-state index >= 15 is 0 Å². The molecule has 1 aliphatic rings. The van der Waals surface area contributed by atoms with Crippen LogP contribution in [0.1, 0.15) is 0 Å². The molecule has 0 atom stereocenters. The molecule has 7 heteroatoms. The number of rotatable bonds is 3. The van der Waals surface area contributed by atoms with E-state index in [-0.39, 0.29) is 10.6 Å². The smallest absolute Gasteiger partial charge is 0.245 e. The lowest BCUT2D eigenvalue weighted by Gasteiger charge is -2.31. The van der Waals surface area contributed by atoms with Crippen LogP contribution in [0.3, 0.4) is 0 Å². The lowest BCUT2D eigenvalue weighted by Crippen LogP contribution is -2.47. The molecule has 1 aliphatic heterocycles. The van der Waals surface area contributed by atoms with E-state index in [4.69, 9.17) is 0 Å². The van der Waals surface area contributed by atoms with Crippen molar-refractivity contribution in [2.24, 2.45) is 4.99 Å². The van der Waals surface area contributed by atoms with Gasteiger partial charge in [0.2, 0.25) is 16.1 Å². The average Bonchev–Trinajstić information content (AvgIpc) is 2.40. The standard InChI is InChI=1S/C12H15N3O3S/c1-14-6-8-15(9-7-14)19(17,18)12-5-3-2-4-11(12)13-10-16/h2-5H,6-9H2,1H3. The first-order chi connectivity index (χ1) is 9.05. The van der Waals surface area contributed by atoms with Gasteiger partial charge in [-0.3, -0.25) is 0 Å². The molecule has 6 nitrogen and oxygen atoms in total. The fourth-order valence-electron chi connectivity index (χ4n) is 1.98. The number of sulfonamides is 1. The first-order valence-corrected chi connectivity index (χ1v) is 7.35. The van der Waals surface area contributed by atoms with Crippen molar-refractivity contribution in [2.45, 2.75) is 4.90 Å². The van der Waals surface area contributed by atoms with E-state index in [1.165, 1.54) is 22.5 Å². The zero-order chi connectivity index (χ0) is 13.9. The van der Waals surface area contributed by atoms with Gasteiger partial charge in [-0.25, -0.2) is 13.2 Å². The fourth-order valence-corrected chi connectivity index (χ4v) is 3.54. The number of carbonyl (C=O) groups excluding carboxylic acids is 1. The molecule has 1 fully saturated rings. The molecule has 0 N–H and O–H groups in total. The Bertz CT molecular complexity index is 600. The van der Waals surface area contributed by atoms with Crippen molar-refractivity contribution in [3.8, 4) is 0 Å². The number of piperazine rings is 1. The Balaban J connectivity index is 2.37. The Hall–Kier alpha value is -1.53. The molecule has 0 aromatic heterocycles. The van der Waals surface area contributed by atoms with Gasteiger partial charge in [-0.1, -0.05) is 12.1 Å². The van der Waals surface area contributed by atoms with Crippen LogP contribution in [-0.4, -0.2) is 56.9 Å². The van der Waals surface area contributed by atoms with E-state index < -0.39 is 10.0 Å². The van der Waals surface area contributed by atoms with Crippen LogP contribution < -0.4 is 0 Å². The van der Waals surface area contributed by atoms with Gasteiger partial charge in [0.15, 0.2) is 0 Å². The SMILES string of the molecule is CN1CCN(S(=O)(=O)c2ccccc2N=C=O)CC1. The van der Waals surface area contributed by atoms with Gasteiger partial charge in [0.05, 0.1) is 5.69 Å². The molecule has 0 radical (unpaired) electrons. The summed E-state index contributed by atoms with van der Waals surface area (Å²) in [5.74, 6) is 0. The van der Waals surface area contributed by atoms with Gasteiger partial charge in [0.1, 0.15) is 4.90 Å². The van der Waals surface area contributed by atoms with Gasteiger partial charge in [-0.15, -0.1) is 0 Å². The molecule has 1 aromatic rings. The van der Waals surface area contributed by atoms with Crippen molar-refractivity contribution in [2.75, 3.05) is 33.2 Å². The molecule has 102 valence electrons. The lowest BCUT2D eigenvalue weighted by atomic mass is 10.3. The number of para-hydroxylation sites is 1. The monoisotopic (exact) mass is 281 g/mol. The number of hydrogen-bond donors (Lipinski definition) is 0. The van der Waals surface area contributed by atoms with Gasteiger partial charge in [-0.2, -0.15) is 9.30 Å². The minimum absolute atomic E-state index is 0.0582. The summed E-state index contributed by atoms with van der Waals surface area (Å²) in [5.41, 5.74) is 0.136. The van der Waals surface area contributed by atoms with Crippen LogP contribution in [0.4, 0.5) is 5.69 Å². The molecule has 1 saturated heterocycles. The maximum atomic E-state index is 12.5. The molecule has 1 heterocycles. The zero-order valence-corrected chi connectivity index (χ0v) is 11.4. The molecule has 0 amide bonds. The number of aliphatic imine (C=N–C) groups is 1. The number of benzene rings is 1. The van der Waals surface area contributed by atoms with Crippen molar-refractivity contribution in [3.63, 3.8) is 0 Å². The minimum atomic E-state index is -3.60. The average molecular weight is 281 g/mol. The highest BCUT2D eigenvalue weighted by molar-refractivity contribution is 7.89. The number of hydrogen-bond acceptors (Lipinski definition) is 5. The molecule has 0 bridgehead atoms. The zero-order valence-electron chi connectivity index (χ0n) is 10.6. The third-order valence-corrected chi connectivity index (χ3v) is 5.06. The van der Waals surface area contributed by atoms with E-state index in [0.29, 0.717) is 26.2 Å². The van der Waals surface area contributed by atoms with Crippen molar-refractivity contribution in [1.29, 1.82) is 0 Å². The van der Waals surface area contributed by atoms with Crippen molar-refractivity contribution in [3.05, 3.63) is 24.3 Å². The van der Waals surface area contributed by atoms with Crippen LogP contribution in [0, 0.1) is 0 Å². The summed E-state index contributed by atoms with van der Waals surface area (Å²) < 4.78 is 26.4. The Morgan fingerprint density at radius 2 is 1.79 bits per heavy atom. The number of likely N-dealkylation sites (N-methyl/N-ethyl adjacent to an activating group) is 1. The predicted octanol–water partition coefficient (Wildman–Crippen LogP) is 0.590. The second-order valence-electron chi connectivity index (χ2n) is 4.38. The third-order valence-electron chi connectivity index (χ3n) is 3.11. The summed E-state index contributed by atoms with van der Waals surface area (Å²) in [4.78, 5) is 16.0. The summed E-state index contributed by atoms with van der Waals surface area (Å²) in [5, 5.41) is 0. The summed E-state index contributed by atoms with van der Waals surface area (Å²) >= 11 is 0. The molecule has 1 aromatic carbocycles. The summed E-state index contributed by atoms with van der Waals surface area (Å²) in [6.45, 7) is 2.27. The molecule has 19 heavy (non-hydrogen) atoms. The second kappa shape index (κ2) is 5.63. The van der Waals surface area contributed by atoms with Crippen LogP contribution in [0.15, 0.2) is 34.2 Å². The fraction of sp³-hybridized carbons (Fsp3) is 0.417. The summed E-state index contributed by atoms with van der Waals surface area (Å²) in [6, 6.07) is 6.21. The Labute approximate surface area is 112 Å². The first-order valence-electron chi connectivity index (χ1n) is 5.91. The van der Waals surface area contributed by atoms with Crippen LogP contribution in [0.2, 0.25) is 0 Å². The molecule has 0 spiro atoms. The Morgan fingerprint density at radius 1 is 1.16 bits per heavy atom. The summed E-state index contributed by atoms with van der Waals surface area (Å²) in [7, 11) is -1.65. The van der Waals surface area contributed by atoms with Gasteiger partial charge in [0.25, 0.3) is 0 Å². The van der Waals surface area contributed by atoms with E-state index in [9.17, 15) is 13.2 Å². The molecular weight excluding hydrogens is 266 g/mol. The van der Waals surface area contributed by atoms with Crippen molar-refractivity contribution in [1.82, 2.24) is 9.21 Å². The van der Waals surface area contributed by atoms with E-state index in [1.54, 1.807) is 12.1 Å². The number of nitrogens with zero attached hydrogens (tertiary/aromatic N) is 3. The third kappa shape index (κ3) is 2.90. The molecule has 2 rings (SSSR count). The molecule has 0 aliphatic carbocycles. The maximum absolute atomic E-state index is 12.5. The van der Waals surface area contributed by atoms with Crippen LogP contribution in [0.25, 0.3) is 0 Å². The topological polar surface area (TPSA) is 70.1 Å². The predicted molar refractivity (Wildman–Crippen MR) is 70.5 cm³/mol. The Morgan fingerprint density at radius 3 is 2.42 bits per heavy atom. The highest BCUT2D eigenvalue weighted by Crippen LogP contribution is 2.26. The van der Waals surface area contributed by atoms with Crippen molar-refractivity contribution < 1.29 is 13.2 Å². The minimum Gasteiger partial charge on any atom is -0.304 e. The summed E-state index contributed by atoms with van der Waals surface area (Å²) in [6.07, 6.45) is 1.39. The van der Waals surface area contributed by atoms with Gasteiger partial charge in [0, 0.05) is 26.2 Å². The molecule has 0 unspecified atom stereocenters. The van der Waals surface area contributed by atoms with Gasteiger partial charge < -0.3 is 4.90 Å². The van der Waals surface area contributed by atoms with Gasteiger partial charge in [-0.05, 0) is 19.2 Å². The van der Waals surface area contributed by atoms with Crippen LogP contribution in [-0.2, 0) is 14.8 Å². The van der Waals surface area contributed by atoms with Crippen molar-refractivity contribution >= 4 is 21.8 Å². The maximum Gasteiger partial charge on any atom is 0.245 e. The molecule has 0 saturated carbocycles. The quantitative estimate of drug-likeness (QED) is 0.600. The van der Waals surface area contributed by atoms with E-state index in [0.717, 1.165) is 0 Å². The molecular formula is C12H15N3O3S. The largest absolute Gasteiger partial charge is 0.304 e. The second-order valence-corrected chi connectivity index (χ2v) is 6.28. The number of isocyanates is 1.